The number of carboxylic acids is 1. The van der Waals surface area contributed by atoms with E-state index in [1.54, 1.807) is 31.2 Å². The summed E-state index contributed by atoms with van der Waals surface area (Å²) in [7, 11) is 1.52. The lowest BCUT2D eigenvalue weighted by atomic mass is 10.0. The Morgan fingerprint density at radius 3 is 2.32 bits per heavy atom. The first-order chi connectivity index (χ1) is 8.93. The Labute approximate surface area is 111 Å². The number of aliphatic hydroxyl groups is 1. The molecular formula is C14H17NO4. The zero-order valence-corrected chi connectivity index (χ0v) is 10.9. The molecule has 5 nitrogen and oxygen atoms in total. The number of hydrogen-bond donors (Lipinski definition) is 2. The fourth-order valence-corrected chi connectivity index (χ4v) is 1.60. The van der Waals surface area contributed by atoms with Crippen molar-refractivity contribution in [1.29, 1.82) is 0 Å². The van der Waals surface area contributed by atoms with Crippen LogP contribution in [0, 0.1) is 0 Å². The summed E-state index contributed by atoms with van der Waals surface area (Å²) in [6, 6.07) is 8.52. The van der Waals surface area contributed by atoms with Crippen molar-refractivity contribution < 1.29 is 19.8 Å². The maximum absolute atomic E-state index is 11.7. The molecule has 2 unspecified atom stereocenters. The van der Waals surface area contributed by atoms with E-state index in [-0.39, 0.29) is 0 Å². The first-order valence-corrected chi connectivity index (χ1v) is 5.84. The molecule has 0 aliphatic rings. The number of hydrogen-bond acceptors (Lipinski definition) is 3. The third kappa shape index (κ3) is 4.22. The van der Waals surface area contributed by atoms with Gasteiger partial charge in [-0.2, -0.15) is 0 Å². The molecule has 0 bridgehead atoms. The molecule has 0 heterocycles. The van der Waals surface area contributed by atoms with E-state index in [1.807, 2.05) is 6.07 Å². The third-order valence-corrected chi connectivity index (χ3v) is 2.93. The fourth-order valence-electron chi connectivity index (χ4n) is 1.60. The van der Waals surface area contributed by atoms with E-state index >= 15 is 0 Å². The minimum absolute atomic E-state index is 0.464. The van der Waals surface area contributed by atoms with Crippen molar-refractivity contribution in [2.75, 3.05) is 7.05 Å². The highest BCUT2D eigenvalue weighted by atomic mass is 16.4. The van der Waals surface area contributed by atoms with Crippen molar-refractivity contribution in [3.63, 3.8) is 0 Å². The van der Waals surface area contributed by atoms with Gasteiger partial charge in [0, 0.05) is 19.2 Å². The van der Waals surface area contributed by atoms with Gasteiger partial charge < -0.3 is 15.1 Å². The third-order valence-electron chi connectivity index (χ3n) is 2.93. The maximum Gasteiger partial charge on any atom is 0.328 e. The molecule has 5 heteroatoms. The monoisotopic (exact) mass is 263 g/mol. The number of amides is 1. The summed E-state index contributed by atoms with van der Waals surface area (Å²) in [6.07, 6.45) is 0.921. The fraction of sp³-hybridized carbons (Fsp3) is 0.286. The molecule has 1 aromatic carbocycles. The average Bonchev–Trinajstić information content (AvgIpc) is 2.43. The molecule has 0 radical (unpaired) electrons. The Balaban J connectivity index is 2.74. The predicted molar refractivity (Wildman–Crippen MR) is 70.4 cm³/mol. The predicted octanol–water partition coefficient (Wildman–Crippen LogP) is 1.21. The van der Waals surface area contributed by atoms with Gasteiger partial charge in [-0.15, -0.1) is 0 Å². The van der Waals surface area contributed by atoms with E-state index in [4.69, 9.17) is 5.11 Å². The van der Waals surface area contributed by atoms with Gasteiger partial charge >= 0.3 is 5.97 Å². The van der Waals surface area contributed by atoms with Gasteiger partial charge in [0.1, 0.15) is 0 Å². The molecule has 2 atom stereocenters. The largest absolute Gasteiger partial charge is 0.478 e. The molecule has 0 saturated carbocycles. The van der Waals surface area contributed by atoms with Crippen molar-refractivity contribution in [3.05, 3.63) is 48.0 Å². The molecule has 1 aromatic rings. The second kappa shape index (κ2) is 6.70. The van der Waals surface area contributed by atoms with Crippen LogP contribution in [0.4, 0.5) is 0 Å². The van der Waals surface area contributed by atoms with Gasteiger partial charge in [-0.3, -0.25) is 4.79 Å². The Bertz CT molecular complexity index is 470. The van der Waals surface area contributed by atoms with Crippen LogP contribution in [0.25, 0.3) is 0 Å². The van der Waals surface area contributed by atoms with Crippen LogP contribution in [0.1, 0.15) is 18.6 Å². The second-order valence-electron chi connectivity index (χ2n) is 4.22. The number of aliphatic carboxylic acids is 1. The lowest BCUT2D eigenvalue weighted by Gasteiger charge is -2.28. The van der Waals surface area contributed by atoms with Crippen LogP contribution in [-0.4, -0.2) is 40.1 Å². The molecule has 0 aliphatic heterocycles. The summed E-state index contributed by atoms with van der Waals surface area (Å²) in [4.78, 5) is 23.3. The van der Waals surface area contributed by atoms with Gasteiger partial charge in [0.25, 0.3) is 0 Å². The first-order valence-electron chi connectivity index (χ1n) is 5.84. The summed E-state index contributed by atoms with van der Waals surface area (Å²) in [5, 5.41) is 18.6. The molecule has 0 aromatic heterocycles. The SMILES string of the molecule is CC(C(O)c1ccccc1)N(C)C(=O)C=CC(=O)O. The summed E-state index contributed by atoms with van der Waals surface area (Å²) >= 11 is 0. The molecule has 0 spiro atoms. The quantitative estimate of drug-likeness (QED) is 0.783. The van der Waals surface area contributed by atoms with Crippen molar-refractivity contribution in [1.82, 2.24) is 4.90 Å². The lowest BCUT2D eigenvalue weighted by molar-refractivity contribution is -0.132. The maximum atomic E-state index is 11.7. The summed E-state index contributed by atoms with van der Waals surface area (Å²) in [5.74, 6) is -1.65. The molecule has 0 fully saturated rings. The van der Waals surface area contributed by atoms with Crippen LogP contribution >= 0.6 is 0 Å². The number of rotatable bonds is 5. The van der Waals surface area contributed by atoms with Gasteiger partial charge in [0.05, 0.1) is 12.1 Å². The Kier molecular flexibility index (Phi) is 5.26. The zero-order valence-electron chi connectivity index (χ0n) is 10.9. The highest BCUT2D eigenvalue weighted by Gasteiger charge is 2.22. The molecule has 102 valence electrons. The Morgan fingerprint density at radius 1 is 1.21 bits per heavy atom. The standard InChI is InChI=1S/C14H17NO4/c1-10(14(19)11-6-4-3-5-7-11)15(2)12(16)8-9-13(17)18/h3-10,14,19H,1-2H3,(H,17,18). The molecular weight excluding hydrogens is 246 g/mol. The number of carbonyl (C=O) groups is 2. The van der Waals surface area contributed by atoms with Gasteiger partial charge in [-0.1, -0.05) is 30.3 Å². The Morgan fingerprint density at radius 2 is 1.79 bits per heavy atom. The minimum atomic E-state index is -1.18. The average molecular weight is 263 g/mol. The first kappa shape index (κ1) is 14.9. The summed E-state index contributed by atoms with van der Waals surface area (Å²) < 4.78 is 0. The van der Waals surface area contributed by atoms with Gasteiger partial charge in [0.15, 0.2) is 0 Å². The van der Waals surface area contributed by atoms with E-state index in [9.17, 15) is 14.7 Å². The smallest absolute Gasteiger partial charge is 0.328 e. The van der Waals surface area contributed by atoms with E-state index in [0.717, 1.165) is 12.2 Å². The lowest BCUT2D eigenvalue weighted by Crippen LogP contribution is -2.38. The second-order valence-corrected chi connectivity index (χ2v) is 4.22. The van der Waals surface area contributed by atoms with E-state index < -0.39 is 24.0 Å². The van der Waals surface area contributed by atoms with Gasteiger partial charge in [-0.25, -0.2) is 4.79 Å². The van der Waals surface area contributed by atoms with Gasteiger partial charge in [0.2, 0.25) is 5.91 Å². The number of aliphatic hydroxyl groups excluding tert-OH is 1. The van der Waals surface area contributed by atoms with E-state index in [2.05, 4.69) is 0 Å². The van der Waals surface area contributed by atoms with Crippen LogP contribution in [0.2, 0.25) is 0 Å². The number of likely N-dealkylation sites (N-methyl/N-ethyl adjacent to an activating group) is 1. The molecule has 1 rings (SSSR count). The summed E-state index contributed by atoms with van der Waals surface area (Å²) in [6.45, 7) is 1.70. The topological polar surface area (TPSA) is 77.8 Å². The van der Waals surface area contributed by atoms with Gasteiger partial charge in [-0.05, 0) is 12.5 Å². The highest BCUT2D eigenvalue weighted by Crippen LogP contribution is 2.19. The molecule has 2 N–H and O–H groups in total. The van der Waals surface area contributed by atoms with E-state index in [0.29, 0.717) is 5.56 Å². The van der Waals surface area contributed by atoms with Crippen LogP contribution in [0.5, 0.6) is 0 Å². The van der Waals surface area contributed by atoms with Crippen LogP contribution in [-0.2, 0) is 9.59 Å². The number of nitrogens with zero attached hydrogens (tertiary/aromatic N) is 1. The van der Waals surface area contributed by atoms with Crippen molar-refractivity contribution in [2.45, 2.75) is 19.1 Å². The van der Waals surface area contributed by atoms with Crippen LogP contribution < -0.4 is 0 Å². The molecule has 19 heavy (non-hydrogen) atoms. The summed E-state index contributed by atoms with van der Waals surface area (Å²) in [5.41, 5.74) is 0.705. The number of carbonyl (C=O) groups excluding carboxylic acids is 1. The Hall–Kier alpha value is -2.14. The highest BCUT2D eigenvalue weighted by molar-refractivity contribution is 5.93. The van der Waals surface area contributed by atoms with E-state index in [1.165, 1.54) is 11.9 Å². The molecule has 0 aliphatic carbocycles. The number of carboxylic acid groups (broad SMARTS) is 1. The molecule has 1 amide bonds. The van der Waals surface area contributed by atoms with Crippen molar-refractivity contribution in [3.8, 4) is 0 Å². The number of benzene rings is 1. The minimum Gasteiger partial charge on any atom is -0.478 e. The molecule has 0 saturated heterocycles. The zero-order chi connectivity index (χ0) is 14.4. The van der Waals surface area contributed by atoms with Crippen LogP contribution in [0.3, 0.4) is 0 Å². The van der Waals surface area contributed by atoms with Crippen LogP contribution in [0.15, 0.2) is 42.5 Å². The normalized spacial score (nSPS) is 14.1. The van der Waals surface area contributed by atoms with Crippen molar-refractivity contribution in [2.24, 2.45) is 0 Å². The van der Waals surface area contributed by atoms with Crippen molar-refractivity contribution >= 4 is 11.9 Å².